The van der Waals surface area contributed by atoms with Crippen molar-refractivity contribution < 1.29 is 27.6 Å². The summed E-state index contributed by atoms with van der Waals surface area (Å²) < 4.78 is 32.1. The van der Waals surface area contributed by atoms with Crippen LogP contribution in [-0.2, 0) is 37.4 Å². The largest absolute Gasteiger partial charge is 0.369 e. The van der Waals surface area contributed by atoms with Crippen molar-refractivity contribution in [1.82, 2.24) is 30.4 Å². The number of imidazole rings is 1. The minimum absolute atomic E-state index is 0.137. The molecule has 4 amide bonds. The van der Waals surface area contributed by atoms with Gasteiger partial charge in [0, 0.05) is 69.8 Å². The van der Waals surface area contributed by atoms with Gasteiger partial charge in [-0.3, -0.25) is 34.1 Å². The lowest BCUT2D eigenvalue weighted by Gasteiger charge is -2.36. The first-order valence-electron chi connectivity index (χ1n) is 24.5. The monoisotopic (exact) mass is 944 g/mol. The van der Waals surface area contributed by atoms with Gasteiger partial charge >= 0.3 is 0 Å². The van der Waals surface area contributed by atoms with Crippen molar-refractivity contribution in [2.45, 2.75) is 122 Å². The molecule has 68 heavy (non-hydrogen) atoms. The van der Waals surface area contributed by atoms with Crippen molar-refractivity contribution in [3.63, 3.8) is 0 Å². The van der Waals surface area contributed by atoms with Gasteiger partial charge in [-0.1, -0.05) is 80.1 Å². The van der Waals surface area contributed by atoms with E-state index in [1.54, 1.807) is 12.1 Å². The zero-order chi connectivity index (χ0) is 48.0. The molecule has 0 bridgehead atoms. The lowest BCUT2D eigenvalue weighted by atomic mass is 10.1. The molecule has 14 nitrogen and oxygen atoms in total. The van der Waals surface area contributed by atoms with Crippen molar-refractivity contribution in [3.8, 4) is 0 Å². The predicted octanol–water partition coefficient (Wildman–Crippen LogP) is 7.73. The minimum atomic E-state index is -3.79. The number of carbonyl (C=O) groups is 4. The van der Waals surface area contributed by atoms with Crippen LogP contribution in [0.3, 0.4) is 0 Å². The number of anilines is 2. The van der Waals surface area contributed by atoms with Gasteiger partial charge in [0.25, 0.3) is 15.9 Å². The maximum Gasteiger partial charge on any atom is 0.262 e. The van der Waals surface area contributed by atoms with E-state index in [0.717, 1.165) is 136 Å². The third-order valence-electron chi connectivity index (χ3n) is 13.1. The van der Waals surface area contributed by atoms with Gasteiger partial charge in [0.2, 0.25) is 17.7 Å². The molecule has 0 radical (unpaired) electrons. The van der Waals surface area contributed by atoms with Crippen molar-refractivity contribution in [1.29, 1.82) is 0 Å². The lowest BCUT2D eigenvalue weighted by Crippen LogP contribution is -2.52. The molecule has 362 valence electrons. The first kappa shape index (κ1) is 49.8. The molecule has 2 aliphatic rings. The summed E-state index contributed by atoms with van der Waals surface area (Å²) >= 11 is 0. The fourth-order valence-corrected chi connectivity index (χ4v) is 11.0. The number of hydrogen-bond acceptors (Lipinski definition) is 9. The number of nitrogens with zero attached hydrogens (tertiary/aromatic N) is 4. The summed E-state index contributed by atoms with van der Waals surface area (Å²) in [5.74, 6) is 0.0344. The van der Waals surface area contributed by atoms with E-state index in [-0.39, 0.29) is 24.1 Å². The fraction of sp³-hybridized carbons (Fsp3) is 0.453. The Bertz CT molecular complexity index is 2620. The van der Waals surface area contributed by atoms with Crippen molar-refractivity contribution in [2.75, 3.05) is 48.9 Å². The molecular weight excluding hydrogens is 877 g/mol. The van der Waals surface area contributed by atoms with Crippen LogP contribution in [-0.4, -0.2) is 91.8 Å². The number of hydrogen-bond donors (Lipinski definition) is 4. The second-order valence-corrected chi connectivity index (χ2v) is 20.1. The van der Waals surface area contributed by atoms with Crippen molar-refractivity contribution in [3.05, 3.63) is 119 Å². The molecule has 0 aliphatic carbocycles. The predicted molar refractivity (Wildman–Crippen MR) is 268 cm³/mol. The van der Waals surface area contributed by atoms with E-state index in [4.69, 9.17) is 4.98 Å². The number of imide groups is 1. The highest BCUT2D eigenvalue weighted by molar-refractivity contribution is 7.92. The molecule has 15 heteroatoms. The molecular formula is C53H68N8O6S. The molecule has 2 fully saturated rings. The number of carbonyl (C=O) groups excluding carboxylic acids is 4. The van der Waals surface area contributed by atoms with Crippen LogP contribution >= 0.6 is 0 Å². The van der Waals surface area contributed by atoms with E-state index >= 15 is 0 Å². The summed E-state index contributed by atoms with van der Waals surface area (Å²) in [6, 6.07) is 26.5. The number of aromatic nitrogens is 2. The van der Waals surface area contributed by atoms with Crippen LogP contribution in [0.15, 0.2) is 89.8 Å². The minimum Gasteiger partial charge on any atom is -0.369 e. The number of nitrogens with one attached hydrogen (secondary N) is 4. The number of rotatable bonds is 23. The summed E-state index contributed by atoms with van der Waals surface area (Å²) in [6.45, 7) is 11.8. The maximum absolute atomic E-state index is 13.5. The standard InChI is InChI=1S/C53H68N8O6S/c1-38-34-39(2)51(40(3)35-38)68(66,67)58-43-22-26-47-46(36-43)55-48(61(47)37-41-16-10-9-11-17-41)18-12-5-4-7-14-28-54-49(62)19-13-6-8-15-29-59-30-32-60(33-31-59)44-23-20-42(21-24-44)52(64)56-45-25-27-50(63)57-53(45)65/h9-11,16-17,20-24,26,34-36,45,58H,4-8,12-15,18-19,25,27-33,37H2,1-3H3,(H,54,62)(H,56,64)(H,57,63,65). The number of fused-ring (bicyclic) bond motifs is 1. The average molecular weight is 945 g/mol. The molecule has 0 spiro atoms. The number of piperidine rings is 1. The smallest absolute Gasteiger partial charge is 0.262 e. The van der Waals surface area contributed by atoms with Gasteiger partial charge in [-0.15, -0.1) is 0 Å². The molecule has 1 atom stereocenters. The molecule has 1 unspecified atom stereocenters. The van der Waals surface area contributed by atoms with Gasteiger partial charge in [0.1, 0.15) is 11.9 Å². The van der Waals surface area contributed by atoms with Crippen molar-refractivity contribution in [2.24, 2.45) is 0 Å². The van der Waals surface area contributed by atoms with E-state index in [1.807, 2.05) is 81.4 Å². The summed E-state index contributed by atoms with van der Waals surface area (Å²) in [7, 11) is -3.79. The zero-order valence-corrected chi connectivity index (χ0v) is 40.8. The first-order chi connectivity index (χ1) is 32.8. The van der Waals surface area contributed by atoms with Crippen LogP contribution in [0.4, 0.5) is 11.4 Å². The molecule has 2 aliphatic heterocycles. The number of benzene rings is 4. The highest BCUT2D eigenvalue weighted by Crippen LogP contribution is 2.28. The van der Waals surface area contributed by atoms with Crippen LogP contribution in [0.25, 0.3) is 11.0 Å². The zero-order valence-electron chi connectivity index (χ0n) is 39.9. The SMILES string of the molecule is Cc1cc(C)c(S(=O)(=O)Nc2ccc3c(c2)nc(CCCCCCCNC(=O)CCCCCCN2CCN(c4ccc(C(=O)NC5CCC(=O)NC5=O)cc4)CC2)n3Cc2ccccc2)c(C)c1. The first-order valence-corrected chi connectivity index (χ1v) is 25.9. The summed E-state index contributed by atoms with van der Waals surface area (Å²) in [6.07, 6.45) is 11.2. The molecule has 7 rings (SSSR count). The lowest BCUT2D eigenvalue weighted by molar-refractivity contribution is -0.134. The summed E-state index contributed by atoms with van der Waals surface area (Å²) in [5, 5.41) is 8.12. The molecule has 1 aromatic heterocycles. The maximum atomic E-state index is 13.5. The van der Waals surface area contributed by atoms with Gasteiger partial charge in [0.15, 0.2) is 0 Å². The number of amides is 4. The highest BCUT2D eigenvalue weighted by Gasteiger charge is 2.28. The van der Waals surface area contributed by atoms with Crippen LogP contribution in [0.5, 0.6) is 0 Å². The summed E-state index contributed by atoms with van der Waals surface area (Å²) in [4.78, 5) is 58.8. The molecule has 3 heterocycles. The Morgan fingerprint density at radius 1 is 0.779 bits per heavy atom. The van der Waals surface area contributed by atoms with Crippen LogP contribution in [0.1, 0.15) is 115 Å². The van der Waals surface area contributed by atoms with E-state index in [0.29, 0.717) is 42.1 Å². The highest BCUT2D eigenvalue weighted by atomic mass is 32.2. The van der Waals surface area contributed by atoms with Crippen LogP contribution in [0, 0.1) is 20.8 Å². The van der Waals surface area contributed by atoms with E-state index < -0.39 is 22.0 Å². The molecule has 4 aromatic carbocycles. The Balaban J connectivity index is 0.746. The normalized spacial score (nSPS) is 15.6. The van der Waals surface area contributed by atoms with Gasteiger partial charge < -0.3 is 20.1 Å². The Morgan fingerprint density at radius 2 is 1.47 bits per heavy atom. The van der Waals surface area contributed by atoms with Gasteiger partial charge in [-0.05, 0) is 119 Å². The second kappa shape index (κ2) is 23.8. The van der Waals surface area contributed by atoms with Gasteiger partial charge in [0.05, 0.1) is 21.6 Å². The fourth-order valence-electron chi connectivity index (χ4n) is 9.53. The van der Waals surface area contributed by atoms with Gasteiger partial charge in [-0.2, -0.15) is 0 Å². The third-order valence-corrected chi connectivity index (χ3v) is 14.8. The number of piperazine rings is 1. The number of unbranched alkanes of at least 4 members (excludes halogenated alkanes) is 7. The van der Waals surface area contributed by atoms with Gasteiger partial charge in [-0.25, -0.2) is 13.4 Å². The summed E-state index contributed by atoms with van der Waals surface area (Å²) in [5.41, 5.74) is 7.42. The number of sulfonamides is 1. The Hall–Kier alpha value is -6.06. The molecule has 4 N–H and O–H groups in total. The Morgan fingerprint density at radius 3 is 2.21 bits per heavy atom. The molecule has 0 saturated carbocycles. The van der Waals surface area contributed by atoms with E-state index in [9.17, 15) is 27.6 Å². The van der Waals surface area contributed by atoms with E-state index in [1.165, 1.54) is 5.56 Å². The number of aryl methyl sites for hydroxylation is 4. The third kappa shape index (κ3) is 13.8. The Labute approximate surface area is 401 Å². The van der Waals surface area contributed by atoms with Crippen LogP contribution in [0.2, 0.25) is 0 Å². The topological polar surface area (TPSA) is 175 Å². The van der Waals surface area contributed by atoms with E-state index in [2.05, 4.69) is 47.2 Å². The molecule has 5 aromatic rings. The quantitative estimate of drug-likeness (QED) is 0.0378. The Kier molecular flexibility index (Phi) is 17.4. The van der Waals surface area contributed by atoms with Crippen molar-refractivity contribution >= 4 is 56.1 Å². The molecule has 2 saturated heterocycles. The second-order valence-electron chi connectivity index (χ2n) is 18.5. The average Bonchev–Trinajstić information content (AvgIpc) is 3.64. The van der Waals surface area contributed by atoms with Crippen LogP contribution < -0.4 is 25.6 Å².